The molecule has 22 heavy (non-hydrogen) atoms. The molecule has 2 N–H and O–H groups in total. The van der Waals surface area contributed by atoms with Crippen LogP contribution >= 0.6 is 11.6 Å². The third-order valence-electron chi connectivity index (χ3n) is 3.31. The summed E-state index contributed by atoms with van der Waals surface area (Å²) < 4.78 is 44.7. The minimum atomic E-state index is -3.46. The number of halogens is 4. The molecule has 0 bridgehead atoms. The standard InChI is InChI=1S/C14H16ClF3N2O2/c1-8-2-3-19-20-12(8)9-4-10(15)13(11(16)5-9)22-7-14(17,18)6-21/h4-5,8,19,21H,2-3,6-7H2,1H3. The maximum atomic E-state index is 14.1. The number of benzene rings is 1. The number of nitrogens with one attached hydrogen (secondary N) is 1. The van der Waals surface area contributed by atoms with Gasteiger partial charge in [-0.2, -0.15) is 5.10 Å². The van der Waals surface area contributed by atoms with E-state index in [9.17, 15) is 13.2 Å². The normalized spacial score (nSPS) is 18.6. The van der Waals surface area contributed by atoms with Gasteiger partial charge in [0.25, 0.3) is 0 Å². The van der Waals surface area contributed by atoms with E-state index in [4.69, 9.17) is 21.4 Å². The average molecular weight is 337 g/mol. The van der Waals surface area contributed by atoms with Crippen molar-refractivity contribution in [2.75, 3.05) is 19.8 Å². The lowest BCUT2D eigenvalue weighted by Crippen LogP contribution is -2.30. The molecule has 1 aromatic rings. The van der Waals surface area contributed by atoms with Crippen molar-refractivity contribution < 1.29 is 23.0 Å². The van der Waals surface area contributed by atoms with Gasteiger partial charge in [-0.15, -0.1) is 0 Å². The zero-order valence-electron chi connectivity index (χ0n) is 11.9. The number of hydrogen-bond acceptors (Lipinski definition) is 4. The highest BCUT2D eigenvalue weighted by Gasteiger charge is 2.30. The molecule has 1 atom stereocenters. The van der Waals surface area contributed by atoms with E-state index in [2.05, 4.69) is 10.5 Å². The maximum Gasteiger partial charge on any atom is 0.303 e. The number of hydrogen-bond donors (Lipinski definition) is 2. The molecule has 0 amide bonds. The van der Waals surface area contributed by atoms with Crippen LogP contribution in [0, 0.1) is 11.7 Å². The van der Waals surface area contributed by atoms with Crippen LogP contribution in [0.5, 0.6) is 5.75 Å². The summed E-state index contributed by atoms with van der Waals surface area (Å²) in [5, 5.41) is 12.5. The molecule has 122 valence electrons. The van der Waals surface area contributed by atoms with Crippen LogP contribution in [0.2, 0.25) is 5.02 Å². The van der Waals surface area contributed by atoms with E-state index in [0.29, 0.717) is 11.3 Å². The molecule has 0 radical (unpaired) electrons. The van der Waals surface area contributed by atoms with Gasteiger partial charge in [0.15, 0.2) is 18.2 Å². The summed E-state index contributed by atoms with van der Waals surface area (Å²) in [5.74, 6) is -4.64. The Morgan fingerprint density at radius 1 is 1.50 bits per heavy atom. The highest BCUT2D eigenvalue weighted by atomic mass is 35.5. The molecular formula is C14H16ClF3N2O2. The Balaban J connectivity index is 2.23. The molecule has 4 nitrogen and oxygen atoms in total. The molecular weight excluding hydrogens is 321 g/mol. The fourth-order valence-corrected chi connectivity index (χ4v) is 2.35. The quantitative estimate of drug-likeness (QED) is 0.869. The minimum absolute atomic E-state index is 0.121. The van der Waals surface area contributed by atoms with E-state index < -0.39 is 30.7 Å². The third-order valence-corrected chi connectivity index (χ3v) is 3.59. The lowest BCUT2D eigenvalue weighted by atomic mass is 9.94. The number of rotatable bonds is 5. The van der Waals surface area contributed by atoms with Crippen LogP contribution in [0.4, 0.5) is 13.2 Å². The van der Waals surface area contributed by atoms with Gasteiger partial charge in [0, 0.05) is 18.0 Å². The number of hydrazone groups is 1. The zero-order valence-corrected chi connectivity index (χ0v) is 12.6. The van der Waals surface area contributed by atoms with Crippen LogP contribution in [0.1, 0.15) is 18.9 Å². The van der Waals surface area contributed by atoms with Crippen molar-refractivity contribution in [1.29, 1.82) is 0 Å². The van der Waals surface area contributed by atoms with Crippen LogP contribution < -0.4 is 10.2 Å². The van der Waals surface area contributed by atoms with E-state index in [1.807, 2.05) is 6.92 Å². The van der Waals surface area contributed by atoms with Crippen molar-refractivity contribution in [2.24, 2.45) is 11.0 Å². The Hall–Kier alpha value is -1.47. The highest BCUT2D eigenvalue weighted by molar-refractivity contribution is 6.32. The van der Waals surface area contributed by atoms with Crippen molar-refractivity contribution >= 4 is 17.3 Å². The first-order valence-electron chi connectivity index (χ1n) is 6.75. The van der Waals surface area contributed by atoms with E-state index >= 15 is 0 Å². The summed E-state index contributed by atoms with van der Waals surface area (Å²) in [7, 11) is 0. The molecule has 1 aliphatic heterocycles. The van der Waals surface area contributed by atoms with Crippen LogP contribution in [-0.2, 0) is 0 Å². The minimum Gasteiger partial charge on any atom is -0.483 e. The first-order valence-corrected chi connectivity index (χ1v) is 7.13. The summed E-state index contributed by atoms with van der Waals surface area (Å²) in [6.45, 7) is 0.152. The van der Waals surface area contributed by atoms with Crippen LogP contribution in [-0.4, -0.2) is 36.5 Å². The molecule has 1 unspecified atom stereocenters. The molecule has 0 fully saturated rings. The topological polar surface area (TPSA) is 53.9 Å². The number of nitrogens with zero attached hydrogens (tertiary/aromatic N) is 1. The first-order chi connectivity index (χ1) is 10.3. The smallest absolute Gasteiger partial charge is 0.303 e. The molecule has 0 aromatic heterocycles. The maximum absolute atomic E-state index is 14.1. The van der Waals surface area contributed by atoms with Gasteiger partial charge in [0.2, 0.25) is 0 Å². The molecule has 0 saturated carbocycles. The third kappa shape index (κ3) is 3.84. The second-order valence-electron chi connectivity index (χ2n) is 5.17. The van der Waals surface area contributed by atoms with E-state index in [-0.39, 0.29) is 10.9 Å². The van der Waals surface area contributed by atoms with Crippen molar-refractivity contribution in [1.82, 2.24) is 5.43 Å². The summed E-state index contributed by atoms with van der Waals surface area (Å²) in [4.78, 5) is 0. The molecule has 8 heteroatoms. The van der Waals surface area contributed by atoms with Gasteiger partial charge < -0.3 is 15.3 Å². The molecule has 0 saturated heterocycles. The monoisotopic (exact) mass is 336 g/mol. The highest BCUT2D eigenvalue weighted by Crippen LogP contribution is 2.32. The van der Waals surface area contributed by atoms with Crippen molar-refractivity contribution in [2.45, 2.75) is 19.3 Å². The van der Waals surface area contributed by atoms with Crippen LogP contribution in [0.15, 0.2) is 17.2 Å². The fraction of sp³-hybridized carbons (Fsp3) is 0.500. The Kier molecular flexibility index (Phi) is 5.18. The Bertz CT molecular complexity index is 558. The average Bonchev–Trinajstić information content (AvgIpc) is 2.46. The van der Waals surface area contributed by atoms with E-state index in [1.165, 1.54) is 6.07 Å². The molecule has 0 aliphatic carbocycles. The Morgan fingerprint density at radius 2 is 2.23 bits per heavy atom. The van der Waals surface area contributed by atoms with E-state index in [1.54, 1.807) is 0 Å². The predicted molar refractivity (Wildman–Crippen MR) is 77.3 cm³/mol. The second kappa shape index (κ2) is 6.75. The lowest BCUT2D eigenvalue weighted by Gasteiger charge is -2.21. The van der Waals surface area contributed by atoms with Gasteiger partial charge in [-0.25, -0.2) is 13.2 Å². The van der Waals surface area contributed by atoms with Crippen LogP contribution in [0.25, 0.3) is 0 Å². The number of ether oxygens (including phenoxy) is 1. The Labute approximate surface area is 130 Å². The lowest BCUT2D eigenvalue weighted by molar-refractivity contribution is -0.0806. The fourth-order valence-electron chi connectivity index (χ4n) is 2.09. The summed E-state index contributed by atoms with van der Waals surface area (Å²) in [6.07, 6.45) is 0.846. The van der Waals surface area contributed by atoms with Crippen molar-refractivity contribution in [3.05, 3.63) is 28.5 Å². The largest absolute Gasteiger partial charge is 0.483 e. The SMILES string of the molecule is CC1CCNN=C1c1cc(F)c(OCC(F)(F)CO)c(Cl)c1. The molecule has 1 aliphatic rings. The zero-order chi connectivity index (χ0) is 16.3. The molecule has 2 rings (SSSR count). The van der Waals surface area contributed by atoms with Gasteiger partial charge >= 0.3 is 5.92 Å². The van der Waals surface area contributed by atoms with Crippen molar-refractivity contribution in [3.63, 3.8) is 0 Å². The summed E-state index contributed by atoms with van der Waals surface area (Å²) >= 11 is 5.93. The first kappa shape index (κ1) is 16.9. The second-order valence-corrected chi connectivity index (χ2v) is 5.57. The van der Waals surface area contributed by atoms with Gasteiger partial charge in [0.1, 0.15) is 6.61 Å². The van der Waals surface area contributed by atoms with Gasteiger partial charge in [-0.05, 0) is 18.6 Å². The summed E-state index contributed by atoms with van der Waals surface area (Å²) in [5.41, 5.74) is 3.96. The van der Waals surface area contributed by atoms with Gasteiger partial charge in [0.05, 0.1) is 10.7 Å². The van der Waals surface area contributed by atoms with Crippen molar-refractivity contribution in [3.8, 4) is 5.75 Å². The molecule has 0 spiro atoms. The number of aliphatic hydroxyl groups excluding tert-OH is 1. The van der Waals surface area contributed by atoms with Gasteiger partial charge in [-0.3, -0.25) is 0 Å². The van der Waals surface area contributed by atoms with Crippen LogP contribution in [0.3, 0.4) is 0 Å². The molecule has 1 aromatic carbocycles. The predicted octanol–water partition coefficient (Wildman–Crippen LogP) is 2.82. The molecule has 1 heterocycles. The number of alkyl halides is 2. The van der Waals surface area contributed by atoms with Gasteiger partial charge in [-0.1, -0.05) is 18.5 Å². The van der Waals surface area contributed by atoms with E-state index in [0.717, 1.165) is 19.0 Å². The number of aliphatic hydroxyl groups is 1. The summed E-state index contributed by atoms with van der Waals surface area (Å²) in [6, 6.07) is 2.58. The Morgan fingerprint density at radius 3 is 2.82 bits per heavy atom.